The number of nitrogens with zero attached hydrogens (tertiary/aromatic N) is 7. The van der Waals surface area contributed by atoms with Crippen molar-refractivity contribution in [2.45, 2.75) is 19.9 Å². The monoisotopic (exact) mass is 476 g/mol. The van der Waals surface area contributed by atoms with Crippen LogP contribution in [-0.2, 0) is 24.8 Å². The largest absolute Gasteiger partial charge is 0.363 e. The number of hydrogen-bond donors (Lipinski definition) is 1. The summed E-state index contributed by atoms with van der Waals surface area (Å²) in [5, 5.41) is 7.35. The molecule has 0 unspecified atom stereocenters. The maximum atomic E-state index is 12.9. The van der Waals surface area contributed by atoms with E-state index in [-0.39, 0.29) is 5.91 Å². The van der Waals surface area contributed by atoms with Crippen molar-refractivity contribution in [3.63, 3.8) is 0 Å². The molecule has 1 aliphatic heterocycles. The highest BCUT2D eigenvalue weighted by molar-refractivity contribution is 5.92. The zero-order valence-electron chi connectivity index (χ0n) is 21.2. The third kappa shape index (κ3) is 7.10. The van der Waals surface area contributed by atoms with Gasteiger partial charge in [-0.3, -0.25) is 19.3 Å². The number of hydrogen-bond acceptors (Lipinski definition) is 7. The van der Waals surface area contributed by atoms with E-state index in [9.17, 15) is 4.79 Å². The molecule has 1 saturated heterocycles. The fraction of sp³-hybridized carbons (Fsp3) is 0.462. The van der Waals surface area contributed by atoms with Crippen LogP contribution in [0.1, 0.15) is 17.0 Å². The fourth-order valence-corrected chi connectivity index (χ4v) is 4.66. The minimum atomic E-state index is -0.00621. The molecule has 9 heteroatoms. The Morgan fingerprint density at radius 2 is 1.86 bits per heavy atom. The first-order valence-corrected chi connectivity index (χ1v) is 12.1. The molecule has 9 nitrogen and oxygen atoms in total. The predicted octanol–water partition coefficient (Wildman–Crippen LogP) is 2.20. The molecule has 3 heterocycles. The van der Waals surface area contributed by atoms with Gasteiger partial charge in [-0.25, -0.2) is 9.97 Å². The number of anilines is 2. The van der Waals surface area contributed by atoms with Gasteiger partial charge in [-0.15, -0.1) is 0 Å². The lowest BCUT2D eigenvalue weighted by molar-refractivity contribution is -0.117. The van der Waals surface area contributed by atoms with Gasteiger partial charge < -0.3 is 10.2 Å². The molecule has 35 heavy (non-hydrogen) atoms. The number of benzene rings is 1. The van der Waals surface area contributed by atoms with Crippen LogP contribution in [0.2, 0.25) is 0 Å². The van der Waals surface area contributed by atoms with Gasteiger partial charge in [-0.1, -0.05) is 30.3 Å². The van der Waals surface area contributed by atoms with Crippen LogP contribution in [0.4, 0.5) is 11.5 Å². The van der Waals surface area contributed by atoms with E-state index >= 15 is 0 Å². The lowest BCUT2D eigenvalue weighted by atomic mass is 10.0. The molecule has 0 aliphatic carbocycles. The van der Waals surface area contributed by atoms with Crippen LogP contribution in [0.5, 0.6) is 0 Å². The summed E-state index contributed by atoms with van der Waals surface area (Å²) in [7, 11) is 5.84. The summed E-state index contributed by atoms with van der Waals surface area (Å²) in [5.74, 6) is 1.25. The molecule has 186 valence electrons. The minimum absolute atomic E-state index is 0.00621. The molecule has 1 aromatic carbocycles. The summed E-state index contributed by atoms with van der Waals surface area (Å²) < 4.78 is 1.72. The summed E-state index contributed by atoms with van der Waals surface area (Å²) in [4.78, 5) is 28.5. The van der Waals surface area contributed by atoms with Crippen molar-refractivity contribution >= 4 is 17.4 Å². The normalized spacial score (nSPS) is 17.2. The van der Waals surface area contributed by atoms with Gasteiger partial charge in [0.05, 0.1) is 17.9 Å². The third-order valence-corrected chi connectivity index (χ3v) is 6.33. The van der Waals surface area contributed by atoms with E-state index < -0.39 is 0 Å². The molecule has 1 aliphatic rings. The third-order valence-electron chi connectivity index (χ3n) is 6.33. The highest BCUT2D eigenvalue weighted by atomic mass is 16.2. The Labute approximate surface area is 207 Å². The quantitative estimate of drug-likeness (QED) is 0.534. The molecule has 0 bridgehead atoms. The van der Waals surface area contributed by atoms with E-state index in [0.29, 0.717) is 12.5 Å². The van der Waals surface area contributed by atoms with Crippen molar-refractivity contribution in [3.05, 3.63) is 65.9 Å². The van der Waals surface area contributed by atoms with E-state index in [1.807, 2.05) is 39.2 Å². The van der Waals surface area contributed by atoms with Crippen LogP contribution < -0.4 is 10.2 Å². The summed E-state index contributed by atoms with van der Waals surface area (Å²) in [5.41, 5.74) is 3.93. The van der Waals surface area contributed by atoms with Gasteiger partial charge in [0.15, 0.2) is 0 Å². The first kappa shape index (κ1) is 24.8. The topological polar surface area (TPSA) is 82.4 Å². The predicted molar refractivity (Wildman–Crippen MR) is 138 cm³/mol. The van der Waals surface area contributed by atoms with Crippen LogP contribution in [0, 0.1) is 12.8 Å². The summed E-state index contributed by atoms with van der Waals surface area (Å²) in [6.45, 7) is 6.72. The second-order valence-corrected chi connectivity index (χ2v) is 9.64. The zero-order chi connectivity index (χ0) is 24.8. The molecular weight excluding hydrogens is 440 g/mol. The van der Waals surface area contributed by atoms with E-state index in [1.54, 1.807) is 11.0 Å². The van der Waals surface area contributed by atoms with Crippen molar-refractivity contribution in [1.29, 1.82) is 0 Å². The average molecular weight is 477 g/mol. The Balaban J connectivity index is 1.46. The van der Waals surface area contributed by atoms with Gasteiger partial charge in [0.25, 0.3) is 0 Å². The number of rotatable bonds is 8. The number of amides is 1. The maximum Gasteiger partial charge on any atom is 0.238 e. The Hall–Kier alpha value is -3.30. The first-order valence-electron chi connectivity index (χ1n) is 12.1. The second-order valence-electron chi connectivity index (χ2n) is 9.64. The van der Waals surface area contributed by atoms with Crippen LogP contribution >= 0.6 is 0 Å². The number of nitrogens with one attached hydrogen (secondary N) is 1. The van der Waals surface area contributed by atoms with E-state index in [1.165, 1.54) is 5.56 Å². The van der Waals surface area contributed by atoms with Gasteiger partial charge in [0, 0.05) is 71.8 Å². The number of aryl methyl sites for hydroxylation is 2. The molecule has 0 spiro atoms. The molecule has 3 aromatic rings. The summed E-state index contributed by atoms with van der Waals surface area (Å²) in [6, 6.07) is 12.6. The molecule has 1 amide bonds. The van der Waals surface area contributed by atoms with Gasteiger partial charge in [0.2, 0.25) is 5.91 Å². The molecule has 1 fully saturated rings. The van der Waals surface area contributed by atoms with Crippen LogP contribution in [0.15, 0.2) is 48.9 Å². The Morgan fingerprint density at radius 3 is 2.57 bits per heavy atom. The number of carbonyl (C=O) groups is 1. The lowest BCUT2D eigenvalue weighted by Gasteiger charge is -2.24. The lowest BCUT2D eigenvalue weighted by Crippen LogP contribution is -2.37. The van der Waals surface area contributed by atoms with Gasteiger partial charge in [0.1, 0.15) is 12.1 Å². The molecule has 1 N–H and O–H groups in total. The standard InChI is InChI=1S/C26H36N8O/c1-20-24(17-32(4)30-20)29-26(35)18-34-11-10-33(14-21-8-6-5-7-9-21)15-22(16-34)12-23-13-25(31(2)3)28-19-27-23/h5-9,13,17,19,22H,10-12,14-16,18H2,1-4H3,(H,29,35)/t22-/m0/s1. The SMILES string of the molecule is Cc1nn(C)cc1NC(=O)CN1CCN(Cc2ccccc2)C[C@H](Cc2cc(N(C)C)ncn2)C1. The van der Waals surface area contributed by atoms with Crippen molar-refractivity contribution in [3.8, 4) is 0 Å². The zero-order valence-corrected chi connectivity index (χ0v) is 21.2. The van der Waals surface area contributed by atoms with Gasteiger partial charge in [-0.2, -0.15) is 5.10 Å². The van der Waals surface area contributed by atoms with Crippen LogP contribution in [0.3, 0.4) is 0 Å². The molecule has 1 atom stereocenters. The van der Waals surface area contributed by atoms with E-state index in [4.69, 9.17) is 0 Å². The molecule has 0 saturated carbocycles. The first-order chi connectivity index (χ1) is 16.9. The van der Waals surface area contributed by atoms with Crippen molar-refractivity contribution in [2.75, 3.05) is 57.0 Å². The number of aromatic nitrogens is 4. The Kier molecular flexibility index (Phi) is 8.09. The second kappa shape index (κ2) is 11.4. The number of carbonyl (C=O) groups excluding carboxylic acids is 1. The van der Waals surface area contributed by atoms with Crippen LogP contribution in [0.25, 0.3) is 0 Å². The summed E-state index contributed by atoms with van der Waals surface area (Å²) >= 11 is 0. The van der Waals surface area contributed by atoms with Gasteiger partial charge >= 0.3 is 0 Å². The van der Waals surface area contributed by atoms with Crippen molar-refractivity contribution in [2.24, 2.45) is 13.0 Å². The fourth-order valence-electron chi connectivity index (χ4n) is 4.66. The molecule has 0 radical (unpaired) electrons. The molecular formula is C26H36N8O. The van der Waals surface area contributed by atoms with Crippen LogP contribution in [-0.4, -0.2) is 82.3 Å². The smallest absolute Gasteiger partial charge is 0.238 e. The van der Waals surface area contributed by atoms with Gasteiger partial charge in [-0.05, 0) is 24.8 Å². The van der Waals surface area contributed by atoms with Crippen molar-refractivity contribution in [1.82, 2.24) is 29.5 Å². The summed E-state index contributed by atoms with van der Waals surface area (Å²) in [6.07, 6.45) is 4.33. The van der Waals surface area contributed by atoms with Crippen molar-refractivity contribution < 1.29 is 4.79 Å². The van der Waals surface area contributed by atoms with E-state index in [2.05, 4.69) is 66.6 Å². The van der Waals surface area contributed by atoms with E-state index in [0.717, 1.165) is 62.0 Å². The maximum absolute atomic E-state index is 12.9. The molecule has 4 rings (SSSR count). The molecule has 2 aromatic heterocycles. The Bertz CT molecular complexity index is 1110. The minimum Gasteiger partial charge on any atom is -0.363 e. The average Bonchev–Trinajstić information content (AvgIpc) is 3.02. The highest BCUT2D eigenvalue weighted by Crippen LogP contribution is 2.19. The highest BCUT2D eigenvalue weighted by Gasteiger charge is 2.25. The Morgan fingerprint density at radius 1 is 1.11 bits per heavy atom.